The first kappa shape index (κ1) is 14.7. The Morgan fingerprint density at radius 2 is 1.83 bits per heavy atom. The Morgan fingerprint density at radius 1 is 1.17 bits per heavy atom. The van der Waals surface area contributed by atoms with Crippen molar-refractivity contribution < 1.29 is 5.11 Å². The van der Waals surface area contributed by atoms with Crippen molar-refractivity contribution in [3.63, 3.8) is 0 Å². The van der Waals surface area contributed by atoms with E-state index in [1.807, 2.05) is 19.9 Å². The number of hydrazone groups is 1. The van der Waals surface area contributed by atoms with E-state index in [4.69, 9.17) is 0 Å². The van der Waals surface area contributed by atoms with E-state index in [1.54, 1.807) is 24.3 Å². The van der Waals surface area contributed by atoms with Crippen molar-refractivity contribution in [2.24, 2.45) is 5.10 Å². The SMILES string of the molecule is Cc1cc(C)nc(NN=Cc2c(O)[nH]c(=O)c3ccccc23)n1. The van der Waals surface area contributed by atoms with Crippen LogP contribution < -0.4 is 11.0 Å². The zero-order chi connectivity index (χ0) is 16.4. The number of nitrogens with zero attached hydrogens (tertiary/aromatic N) is 3. The Balaban J connectivity index is 1.96. The fraction of sp³-hybridized carbons (Fsp3) is 0.125. The molecule has 7 nitrogen and oxygen atoms in total. The van der Waals surface area contributed by atoms with E-state index >= 15 is 0 Å². The number of aromatic nitrogens is 3. The highest BCUT2D eigenvalue weighted by Crippen LogP contribution is 2.20. The number of hydrogen-bond donors (Lipinski definition) is 3. The number of aromatic hydroxyl groups is 1. The van der Waals surface area contributed by atoms with Crippen LogP contribution in [-0.2, 0) is 0 Å². The van der Waals surface area contributed by atoms with Crippen molar-refractivity contribution in [3.8, 4) is 5.88 Å². The quantitative estimate of drug-likeness (QED) is 0.508. The van der Waals surface area contributed by atoms with Gasteiger partial charge in [-0.05, 0) is 26.0 Å². The third-order valence-corrected chi connectivity index (χ3v) is 3.29. The summed E-state index contributed by atoms with van der Waals surface area (Å²) in [7, 11) is 0. The molecule has 0 bridgehead atoms. The van der Waals surface area contributed by atoms with E-state index in [1.165, 1.54) is 6.21 Å². The molecule has 3 N–H and O–H groups in total. The minimum atomic E-state index is -0.346. The summed E-state index contributed by atoms with van der Waals surface area (Å²) in [6.07, 6.45) is 1.43. The lowest BCUT2D eigenvalue weighted by molar-refractivity contribution is 0.452. The first-order chi connectivity index (χ1) is 11.0. The van der Waals surface area contributed by atoms with Crippen molar-refractivity contribution in [2.45, 2.75) is 13.8 Å². The van der Waals surface area contributed by atoms with Gasteiger partial charge in [0.15, 0.2) is 0 Å². The van der Waals surface area contributed by atoms with Crippen molar-refractivity contribution in [3.05, 3.63) is 57.6 Å². The minimum Gasteiger partial charge on any atom is -0.494 e. The maximum absolute atomic E-state index is 11.8. The standard InChI is InChI=1S/C16H15N5O2/c1-9-7-10(2)19-16(18-9)21-17-8-13-11-5-3-4-6-12(11)14(22)20-15(13)23/h3-8H,1-2H3,(H,18,19,21)(H2,20,22,23). The third-order valence-electron chi connectivity index (χ3n) is 3.29. The molecule has 116 valence electrons. The number of fused-ring (bicyclic) bond motifs is 1. The topological polar surface area (TPSA) is 103 Å². The summed E-state index contributed by atoms with van der Waals surface area (Å²) >= 11 is 0. The number of hydrogen-bond acceptors (Lipinski definition) is 6. The molecule has 7 heteroatoms. The number of nitrogens with one attached hydrogen (secondary N) is 2. The smallest absolute Gasteiger partial charge is 0.258 e. The second-order valence-corrected chi connectivity index (χ2v) is 5.11. The highest BCUT2D eigenvalue weighted by molar-refractivity contribution is 6.01. The summed E-state index contributed by atoms with van der Waals surface area (Å²) in [5.41, 5.74) is 4.45. The Hall–Kier alpha value is -3.22. The molecule has 0 radical (unpaired) electrons. The molecule has 0 atom stereocenters. The van der Waals surface area contributed by atoms with Gasteiger partial charge in [0, 0.05) is 22.2 Å². The van der Waals surface area contributed by atoms with Gasteiger partial charge in [0.2, 0.25) is 11.8 Å². The molecule has 0 unspecified atom stereocenters. The monoisotopic (exact) mass is 309 g/mol. The van der Waals surface area contributed by atoms with Crippen LogP contribution in [0.2, 0.25) is 0 Å². The van der Waals surface area contributed by atoms with Crippen molar-refractivity contribution in [2.75, 3.05) is 5.43 Å². The molecular formula is C16H15N5O2. The number of pyridine rings is 1. The summed E-state index contributed by atoms with van der Waals surface area (Å²) in [6.45, 7) is 3.73. The molecule has 2 heterocycles. The van der Waals surface area contributed by atoms with Gasteiger partial charge in [-0.15, -0.1) is 0 Å². The fourth-order valence-corrected chi connectivity index (χ4v) is 2.35. The predicted octanol–water partition coefficient (Wildman–Crippen LogP) is 2.09. The van der Waals surface area contributed by atoms with Crippen molar-refractivity contribution in [1.82, 2.24) is 15.0 Å². The highest BCUT2D eigenvalue weighted by atomic mass is 16.3. The number of H-pyrrole nitrogens is 1. The van der Waals surface area contributed by atoms with Crippen LogP contribution in [-0.4, -0.2) is 26.3 Å². The Bertz CT molecular complexity index is 942. The van der Waals surface area contributed by atoms with Gasteiger partial charge in [-0.2, -0.15) is 5.10 Å². The van der Waals surface area contributed by atoms with Crippen molar-refractivity contribution >= 4 is 22.9 Å². The molecule has 1 aromatic carbocycles. The average molecular weight is 309 g/mol. The molecule has 0 saturated heterocycles. The second-order valence-electron chi connectivity index (χ2n) is 5.11. The van der Waals surface area contributed by atoms with Gasteiger partial charge in [0.1, 0.15) is 0 Å². The lowest BCUT2D eigenvalue weighted by atomic mass is 10.1. The van der Waals surface area contributed by atoms with E-state index in [9.17, 15) is 9.90 Å². The number of anilines is 1. The summed E-state index contributed by atoms with van der Waals surface area (Å²) < 4.78 is 0. The van der Waals surface area contributed by atoms with Crippen LogP contribution in [0.25, 0.3) is 10.8 Å². The molecule has 23 heavy (non-hydrogen) atoms. The lowest BCUT2D eigenvalue weighted by Crippen LogP contribution is -2.08. The van der Waals surface area contributed by atoms with E-state index in [0.29, 0.717) is 22.3 Å². The lowest BCUT2D eigenvalue weighted by Gasteiger charge is -2.05. The van der Waals surface area contributed by atoms with Crippen molar-refractivity contribution in [1.29, 1.82) is 0 Å². The molecule has 0 saturated carbocycles. The average Bonchev–Trinajstić information content (AvgIpc) is 2.49. The Labute approximate surface area is 131 Å². The molecule has 3 aromatic rings. The van der Waals surface area contributed by atoms with Gasteiger partial charge in [0.05, 0.1) is 11.8 Å². The van der Waals surface area contributed by atoms with Gasteiger partial charge in [0.25, 0.3) is 5.56 Å². The number of aryl methyl sites for hydroxylation is 2. The Kier molecular flexibility index (Phi) is 3.76. The van der Waals surface area contributed by atoms with Crippen LogP contribution in [0.1, 0.15) is 17.0 Å². The second kappa shape index (κ2) is 5.88. The molecule has 0 spiro atoms. The Morgan fingerprint density at radius 3 is 2.52 bits per heavy atom. The van der Waals surface area contributed by atoms with E-state index in [-0.39, 0.29) is 11.4 Å². The highest BCUT2D eigenvalue weighted by Gasteiger charge is 2.08. The number of aromatic amines is 1. The third kappa shape index (κ3) is 3.03. The molecule has 0 aliphatic carbocycles. The normalized spacial score (nSPS) is 11.2. The fourth-order valence-electron chi connectivity index (χ4n) is 2.35. The predicted molar refractivity (Wildman–Crippen MR) is 89.0 cm³/mol. The number of rotatable bonds is 3. The summed E-state index contributed by atoms with van der Waals surface area (Å²) in [5.74, 6) is 0.132. The molecule has 0 amide bonds. The summed E-state index contributed by atoms with van der Waals surface area (Å²) in [4.78, 5) is 22.6. The number of benzene rings is 1. The zero-order valence-corrected chi connectivity index (χ0v) is 12.7. The maximum atomic E-state index is 11.8. The van der Waals surface area contributed by atoms with E-state index in [2.05, 4.69) is 25.5 Å². The van der Waals surface area contributed by atoms with Crippen LogP contribution in [0.5, 0.6) is 5.88 Å². The maximum Gasteiger partial charge on any atom is 0.258 e. The molecule has 3 rings (SSSR count). The van der Waals surface area contributed by atoms with Gasteiger partial charge >= 0.3 is 0 Å². The van der Waals surface area contributed by atoms with Gasteiger partial charge in [-0.25, -0.2) is 15.4 Å². The van der Waals surface area contributed by atoms with Crippen LogP contribution in [0, 0.1) is 13.8 Å². The van der Waals surface area contributed by atoms with Crippen LogP contribution in [0.15, 0.2) is 40.2 Å². The first-order valence-corrected chi connectivity index (χ1v) is 7.00. The molecular weight excluding hydrogens is 294 g/mol. The van der Waals surface area contributed by atoms with Crippen LogP contribution in [0.4, 0.5) is 5.95 Å². The summed E-state index contributed by atoms with van der Waals surface area (Å²) in [5, 5.41) is 15.1. The van der Waals surface area contributed by atoms with E-state index in [0.717, 1.165) is 11.4 Å². The van der Waals surface area contributed by atoms with Crippen LogP contribution >= 0.6 is 0 Å². The molecule has 0 fully saturated rings. The molecule has 0 aliphatic rings. The van der Waals surface area contributed by atoms with E-state index < -0.39 is 0 Å². The van der Waals surface area contributed by atoms with Gasteiger partial charge in [-0.1, -0.05) is 18.2 Å². The van der Waals surface area contributed by atoms with Crippen LogP contribution in [0.3, 0.4) is 0 Å². The van der Waals surface area contributed by atoms with Gasteiger partial charge < -0.3 is 5.11 Å². The molecule has 0 aliphatic heterocycles. The summed E-state index contributed by atoms with van der Waals surface area (Å²) in [6, 6.07) is 8.84. The van der Waals surface area contributed by atoms with Gasteiger partial charge in [-0.3, -0.25) is 9.78 Å². The minimum absolute atomic E-state index is 0.236. The molecule has 2 aromatic heterocycles. The largest absolute Gasteiger partial charge is 0.494 e. The first-order valence-electron chi connectivity index (χ1n) is 7.00. The zero-order valence-electron chi connectivity index (χ0n) is 12.7.